The van der Waals surface area contributed by atoms with Crippen LogP contribution in [0.4, 0.5) is 0 Å². The molecule has 1 aromatic rings. The van der Waals surface area contributed by atoms with Gasteiger partial charge >= 0.3 is 5.69 Å². The molecule has 0 bridgehead atoms. The zero-order valence-corrected chi connectivity index (χ0v) is 11.3. The van der Waals surface area contributed by atoms with E-state index in [0.29, 0.717) is 13.1 Å². The molecular formula is C12H18N4O3. The topological polar surface area (TPSA) is 87.2 Å². The number of hydrogen-bond acceptors (Lipinski definition) is 4. The van der Waals surface area contributed by atoms with Gasteiger partial charge in [0.25, 0.3) is 11.5 Å². The second kappa shape index (κ2) is 5.00. The van der Waals surface area contributed by atoms with Crippen LogP contribution in [-0.2, 0) is 7.05 Å². The van der Waals surface area contributed by atoms with Crippen molar-refractivity contribution in [1.29, 1.82) is 0 Å². The molecule has 0 aromatic carbocycles. The number of amides is 1. The number of rotatable bonds is 1. The Morgan fingerprint density at radius 2 is 1.84 bits per heavy atom. The van der Waals surface area contributed by atoms with Crippen LogP contribution in [0.25, 0.3) is 0 Å². The fraction of sp³-hybridized carbons (Fsp3) is 0.583. The van der Waals surface area contributed by atoms with E-state index in [0.717, 1.165) is 4.57 Å². The van der Waals surface area contributed by atoms with Crippen LogP contribution in [-0.4, -0.2) is 45.5 Å². The van der Waals surface area contributed by atoms with E-state index in [1.54, 1.807) is 4.90 Å². The molecule has 2 atom stereocenters. The number of piperazine rings is 1. The van der Waals surface area contributed by atoms with Crippen LogP contribution in [0.1, 0.15) is 24.2 Å². The molecule has 19 heavy (non-hydrogen) atoms. The molecular weight excluding hydrogens is 248 g/mol. The predicted molar refractivity (Wildman–Crippen MR) is 70.3 cm³/mol. The second-order valence-electron chi connectivity index (χ2n) is 5.05. The summed E-state index contributed by atoms with van der Waals surface area (Å²) in [5.41, 5.74) is -1.08. The number of aromatic amines is 1. The molecule has 7 heteroatoms. The van der Waals surface area contributed by atoms with Crippen molar-refractivity contribution in [2.45, 2.75) is 25.9 Å². The van der Waals surface area contributed by atoms with Crippen molar-refractivity contribution in [3.05, 3.63) is 32.6 Å². The molecule has 1 saturated heterocycles. The van der Waals surface area contributed by atoms with E-state index >= 15 is 0 Å². The first-order valence-corrected chi connectivity index (χ1v) is 6.24. The maximum atomic E-state index is 12.3. The molecule has 104 valence electrons. The Bertz CT molecular complexity index is 594. The number of aromatic nitrogens is 2. The summed E-state index contributed by atoms with van der Waals surface area (Å²) in [5, 5.41) is 3.32. The lowest BCUT2D eigenvalue weighted by molar-refractivity contribution is 0.0670. The lowest BCUT2D eigenvalue weighted by Gasteiger charge is -2.36. The normalized spacial score (nSPS) is 23.4. The molecule has 1 aliphatic rings. The third kappa shape index (κ3) is 2.60. The minimum absolute atomic E-state index is 0.00315. The summed E-state index contributed by atoms with van der Waals surface area (Å²) in [5.74, 6) is -0.336. The first-order chi connectivity index (χ1) is 8.90. The highest BCUT2D eigenvalue weighted by molar-refractivity contribution is 5.93. The molecule has 2 rings (SSSR count). The highest BCUT2D eigenvalue weighted by atomic mass is 16.2. The van der Waals surface area contributed by atoms with Crippen LogP contribution >= 0.6 is 0 Å². The fourth-order valence-corrected chi connectivity index (χ4v) is 2.38. The summed E-state index contributed by atoms with van der Waals surface area (Å²) in [4.78, 5) is 39.6. The largest absolute Gasteiger partial charge is 0.335 e. The molecule has 2 N–H and O–H groups in total. The molecule has 0 saturated carbocycles. The molecule has 0 aliphatic carbocycles. The fourth-order valence-electron chi connectivity index (χ4n) is 2.38. The van der Waals surface area contributed by atoms with Crippen molar-refractivity contribution in [1.82, 2.24) is 19.8 Å². The molecule has 1 aliphatic heterocycles. The molecule has 0 spiro atoms. The van der Waals surface area contributed by atoms with Gasteiger partial charge in [0.2, 0.25) is 0 Å². The van der Waals surface area contributed by atoms with Crippen LogP contribution < -0.4 is 16.6 Å². The Balaban J connectivity index is 2.32. The van der Waals surface area contributed by atoms with Gasteiger partial charge in [-0.25, -0.2) is 4.79 Å². The number of nitrogens with zero attached hydrogens (tertiary/aromatic N) is 2. The lowest BCUT2D eigenvalue weighted by atomic mass is 10.1. The zero-order chi connectivity index (χ0) is 14.2. The van der Waals surface area contributed by atoms with Gasteiger partial charge in [-0.2, -0.15) is 0 Å². The van der Waals surface area contributed by atoms with E-state index < -0.39 is 11.2 Å². The van der Waals surface area contributed by atoms with Crippen LogP contribution in [0, 0.1) is 0 Å². The molecule has 2 heterocycles. The van der Waals surface area contributed by atoms with E-state index in [9.17, 15) is 14.4 Å². The molecule has 0 radical (unpaired) electrons. The first kappa shape index (κ1) is 13.5. The minimum Gasteiger partial charge on any atom is -0.335 e. The molecule has 1 aromatic heterocycles. The van der Waals surface area contributed by atoms with Gasteiger partial charge in [0.05, 0.1) is 0 Å². The summed E-state index contributed by atoms with van der Waals surface area (Å²) >= 11 is 0. The summed E-state index contributed by atoms with van der Waals surface area (Å²) in [6.45, 7) is 5.07. The standard InChI is InChI=1S/C12H18N4O3/c1-7-5-16(6-8(2)14-7)11(18)9-4-13-12(19)15(3)10(9)17/h4,7-8,14H,5-6H2,1-3H3,(H,13,19)/t7-,8-/m0/s1. The van der Waals surface area contributed by atoms with Gasteiger partial charge in [-0.05, 0) is 13.8 Å². The van der Waals surface area contributed by atoms with Crippen molar-refractivity contribution < 1.29 is 4.79 Å². The van der Waals surface area contributed by atoms with Gasteiger partial charge in [0.1, 0.15) is 5.56 Å². The van der Waals surface area contributed by atoms with Crippen molar-refractivity contribution >= 4 is 5.91 Å². The van der Waals surface area contributed by atoms with Crippen LogP contribution in [0.15, 0.2) is 15.8 Å². The molecule has 1 fully saturated rings. The number of H-pyrrole nitrogens is 1. The van der Waals surface area contributed by atoms with Crippen LogP contribution in [0.3, 0.4) is 0 Å². The van der Waals surface area contributed by atoms with Gasteiger partial charge < -0.3 is 15.2 Å². The van der Waals surface area contributed by atoms with E-state index in [2.05, 4.69) is 10.3 Å². The maximum Gasteiger partial charge on any atom is 0.328 e. The number of carbonyl (C=O) groups is 1. The molecule has 7 nitrogen and oxygen atoms in total. The Morgan fingerprint density at radius 1 is 1.26 bits per heavy atom. The smallest absolute Gasteiger partial charge is 0.328 e. The average molecular weight is 266 g/mol. The second-order valence-corrected chi connectivity index (χ2v) is 5.05. The average Bonchev–Trinajstić information content (AvgIpc) is 2.34. The van der Waals surface area contributed by atoms with Gasteiger partial charge in [-0.15, -0.1) is 0 Å². The number of nitrogens with one attached hydrogen (secondary N) is 2. The van der Waals surface area contributed by atoms with Gasteiger partial charge in [0.15, 0.2) is 0 Å². The van der Waals surface area contributed by atoms with E-state index in [-0.39, 0.29) is 23.6 Å². The van der Waals surface area contributed by atoms with Crippen molar-refractivity contribution in [2.75, 3.05) is 13.1 Å². The maximum absolute atomic E-state index is 12.3. The Kier molecular flexibility index (Phi) is 3.57. The van der Waals surface area contributed by atoms with E-state index in [1.165, 1.54) is 13.2 Å². The monoisotopic (exact) mass is 266 g/mol. The third-order valence-corrected chi connectivity index (χ3v) is 3.25. The van der Waals surface area contributed by atoms with Gasteiger partial charge in [-0.3, -0.25) is 14.2 Å². The van der Waals surface area contributed by atoms with Gasteiger partial charge in [0, 0.05) is 38.4 Å². The van der Waals surface area contributed by atoms with Crippen molar-refractivity contribution in [3.63, 3.8) is 0 Å². The quantitative estimate of drug-likeness (QED) is 0.675. The number of hydrogen-bond donors (Lipinski definition) is 2. The summed E-state index contributed by atoms with van der Waals surface area (Å²) in [7, 11) is 1.35. The Hall–Kier alpha value is -1.89. The van der Waals surface area contributed by atoms with Crippen LogP contribution in [0.5, 0.6) is 0 Å². The third-order valence-electron chi connectivity index (χ3n) is 3.25. The first-order valence-electron chi connectivity index (χ1n) is 6.24. The zero-order valence-electron chi connectivity index (χ0n) is 11.3. The predicted octanol–water partition coefficient (Wildman–Crippen LogP) is -1.10. The number of carbonyl (C=O) groups excluding carboxylic acids is 1. The highest BCUT2D eigenvalue weighted by Crippen LogP contribution is 2.07. The highest BCUT2D eigenvalue weighted by Gasteiger charge is 2.27. The summed E-state index contributed by atoms with van der Waals surface area (Å²) in [6, 6.07) is 0.360. The lowest BCUT2D eigenvalue weighted by Crippen LogP contribution is -2.56. The van der Waals surface area contributed by atoms with Gasteiger partial charge in [-0.1, -0.05) is 0 Å². The SMILES string of the molecule is C[C@H]1CN(C(=O)c2c[nH]c(=O)n(C)c2=O)C[C@H](C)N1. The van der Waals surface area contributed by atoms with Crippen molar-refractivity contribution in [2.24, 2.45) is 7.05 Å². The summed E-state index contributed by atoms with van der Waals surface area (Å²) in [6.07, 6.45) is 1.20. The Labute approximate surface area is 110 Å². The molecule has 1 amide bonds. The van der Waals surface area contributed by atoms with Crippen LogP contribution in [0.2, 0.25) is 0 Å². The Morgan fingerprint density at radius 3 is 2.42 bits per heavy atom. The summed E-state index contributed by atoms with van der Waals surface area (Å²) < 4.78 is 0.905. The van der Waals surface area contributed by atoms with Crippen molar-refractivity contribution in [3.8, 4) is 0 Å². The molecule has 0 unspecified atom stereocenters. The minimum atomic E-state index is -0.562. The van der Waals surface area contributed by atoms with E-state index in [1.807, 2.05) is 13.8 Å². The van der Waals surface area contributed by atoms with E-state index in [4.69, 9.17) is 0 Å².